The van der Waals surface area contributed by atoms with Gasteiger partial charge in [-0.15, -0.1) is 0 Å². The molecule has 5 nitrogen and oxygen atoms in total. The van der Waals surface area contributed by atoms with E-state index in [-0.39, 0.29) is 24.5 Å². The zero-order valence-corrected chi connectivity index (χ0v) is 21.2. The lowest BCUT2D eigenvalue weighted by Gasteiger charge is -2.22. The van der Waals surface area contributed by atoms with Crippen molar-refractivity contribution in [2.45, 2.75) is 18.0 Å². The molecule has 0 saturated heterocycles. The zero-order valence-electron chi connectivity index (χ0n) is 16.6. The van der Waals surface area contributed by atoms with Crippen LogP contribution in [-0.4, -0.2) is 25.2 Å². The molecule has 0 bridgehead atoms. The molecule has 0 aliphatic rings. The summed E-state index contributed by atoms with van der Waals surface area (Å²) in [5.74, 6) is -0.453. The van der Waals surface area contributed by atoms with Crippen LogP contribution in [0.1, 0.15) is 11.1 Å². The summed E-state index contributed by atoms with van der Waals surface area (Å²) in [5.41, 5.74) is 1.37. The second-order valence-corrected chi connectivity index (χ2v) is 11.0. The summed E-state index contributed by atoms with van der Waals surface area (Å²) in [4.78, 5) is 12.7. The number of sulfonamides is 1. The number of hydrogen-bond acceptors (Lipinski definition) is 3. The number of nitrogens with zero attached hydrogens (tertiary/aromatic N) is 1. The molecule has 3 aromatic rings. The maximum absolute atomic E-state index is 13.3. The van der Waals surface area contributed by atoms with Crippen LogP contribution in [0.3, 0.4) is 0 Å². The molecule has 0 aromatic heterocycles. The van der Waals surface area contributed by atoms with Crippen LogP contribution in [0.5, 0.6) is 0 Å². The number of benzene rings is 3. The first-order valence-corrected chi connectivity index (χ1v) is 12.7. The molecule has 0 heterocycles. The van der Waals surface area contributed by atoms with Crippen LogP contribution in [0.2, 0.25) is 15.1 Å². The van der Waals surface area contributed by atoms with E-state index in [1.54, 1.807) is 48.5 Å². The molecule has 0 fully saturated rings. The minimum atomic E-state index is -3.98. The van der Waals surface area contributed by atoms with Gasteiger partial charge in [0.15, 0.2) is 0 Å². The van der Waals surface area contributed by atoms with Crippen molar-refractivity contribution >= 4 is 66.7 Å². The van der Waals surface area contributed by atoms with E-state index in [2.05, 4.69) is 21.2 Å². The van der Waals surface area contributed by atoms with E-state index in [0.29, 0.717) is 20.6 Å². The third-order valence-corrected chi connectivity index (χ3v) is 7.71. The van der Waals surface area contributed by atoms with Gasteiger partial charge in [0, 0.05) is 32.6 Å². The third kappa shape index (κ3) is 6.70. The van der Waals surface area contributed by atoms with E-state index >= 15 is 0 Å². The molecule has 0 spiro atoms. The van der Waals surface area contributed by atoms with E-state index in [0.717, 1.165) is 14.3 Å². The van der Waals surface area contributed by atoms with Crippen molar-refractivity contribution in [2.75, 3.05) is 6.54 Å². The SMILES string of the molecule is O=C(CN(Cc1ccc(Cl)cc1Cl)S(=O)(=O)c1ccc(Br)cc1)NCc1ccc(Cl)cc1. The van der Waals surface area contributed by atoms with Crippen molar-refractivity contribution in [1.29, 1.82) is 0 Å². The van der Waals surface area contributed by atoms with Crippen molar-refractivity contribution in [2.24, 2.45) is 0 Å². The Morgan fingerprint density at radius 1 is 0.906 bits per heavy atom. The zero-order chi connectivity index (χ0) is 23.3. The van der Waals surface area contributed by atoms with Crippen molar-refractivity contribution in [3.63, 3.8) is 0 Å². The Labute approximate surface area is 210 Å². The molecule has 168 valence electrons. The first kappa shape index (κ1) is 25.0. The van der Waals surface area contributed by atoms with Crippen LogP contribution < -0.4 is 5.32 Å². The highest BCUT2D eigenvalue weighted by molar-refractivity contribution is 9.10. The van der Waals surface area contributed by atoms with Crippen LogP contribution in [0, 0.1) is 0 Å². The second kappa shape index (κ2) is 11.0. The average Bonchev–Trinajstić information content (AvgIpc) is 2.75. The maximum atomic E-state index is 13.3. The van der Waals surface area contributed by atoms with E-state index in [9.17, 15) is 13.2 Å². The molecule has 0 atom stereocenters. The molecule has 32 heavy (non-hydrogen) atoms. The van der Waals surface area contributed by atoms with Crippen molar-refractivity contribution < 1.29 is 13.2 Å². The first-order valence-electron chi connectivity index (χ1n) is 9.36. The summed E-state index contributed by atoms with van der Waals surface area (Å²) in [6.45, 7) is -0.239. The fraction of sp³-hybridized carbons (Fsp3) is 0.136. The van der Waals surface area contributed by atoms with Gasteiger partial charge >= 0.3 is 0 Å². The fourth-order valence-electron chi connectivity index (χ4n) is 2.84. The molecule has 0 unspecified atom stereocenters. The van der Waals surface area contributed by atoms with Gasteiger partial charge in [0.25, 0.3) is 0 Å². The topological polar surface area (TPSA) is 66.5 Å². The van der Waals surface area contributed by atoms with Crippen molar-refractivity contribution in [3.05, 3.63) is 97.4 Å². The van der Waals surface area contributed by atoms with Gasteiger partial charge in [0.2, 0.25) is 15.9 Å². The number of halogens is 4. The average molecular weight is 577 g/mol. The Hall–Kier alpha value is -1.61. The van der Waals surface area contributed by atoms with Gasteiger partial charge in [-0.05, 0) is 59.7 Å². The van der Waals surface area contributed by atoms with Crippen LogP contribution in [0.15, 0.2) is 76.1 Å². The van der Waals surface area contributed by atoms with Gasteiger partial charge in [-0.1, -0.05) is 68.9 Å². The molecule has 3 rings (SSSR count). The predicted octanol–water partition coefficient (Wildman–Crippen LogP) is 5.92. The lowest BCUT2D eigenvalue weighted by atomic mass is 10.2. The molecule has 3 aromatic carbocycles. The van der Waals surface area contributed by atoms with E-state index in [1.807, 2.05) is 0 Å². The Kier molecular flexibility index (Phi) is 8.61. The van der Waals surface area contributed by atoms with E-state index in [4.69, 9.17) is 34.8 Å². The van der Waals surface area contributed by atoms with E-state index < -0.39 is 15.9 Å². The maximum Gasteiger partial charge on any atom is 0.243 e. The van der Waals surface area contributed by atoms with Gasteiger partial charge in [0.1, 0.15) is 0 Å². The number of carbonyl (C=O) groups excluding carboxylic acids is 1. The molecule has 0 radical (unpaired) electrons. The smallest absolute Gasteiger partial charge is 0.243 e. The minimum absolute atomic E-state index is 0.0660. The normalized spacial score (nSPS) is 11.5. The highest BCUT2D eigenvalue weighted by Gasteiger charge is 2.27. The number of nitrogens with one attached hydrogen (secondary N) is 1. The quantitative estimate of drug-likeness (QED) is 0.362. The molecular weight excluding hydrogens is 559 g/mol. The largest absolute Gasteiger partial charge is 0.351 e. The van der Waals surface area contributed by atoms with Gasteiger partial charge in [0.05, 0.1) is 11.4 Å². The van der Waals surface area contributed by atoms with Gasteiger partial charge in [-0.3, -0.25) is 4.79 Å². The summed E-state index contributed by atoms with van der Waals surface area (Å²) in [7, 11) is -3.98. The minimum Gasteiger partial charge on any atom is -0.351 e. The number of rotatable bonds is 8. The number of amides is 1. The number of carbonyl (C=O) groups is 1. The summed E-state index contributed by atoms with van der Waals surface area (Å²) < 4.78 is 28.5. The van der Waals surface area contributed by atoms with Crippen LogP contribution in [-0.2, 0) is 27.9 Å². The van der Waals surface area contributed by atoms with Crippen LogP contribution >= 0.6 is 50.7 Å². The van der Waals surface area contributed by atoms with Gasteiger partial charge in [-0.25, -0.2) is 8.42 Å². The fourth-order valence-corrected chi connectivity index (χ4v) is 5.07. The molecule has 1 N–H and O–H groups in total. The molecule has 1 amide bonds. The highest BCUT2D eigenvalue weighted by atomic mass is 79.9. The van der Waals surface area contributed by atoms with Crippen LogP contribution in [0.4, 0.5) is 0 Å². The second-order valence-electron chi connectivity index (χ2n) is 6.87. The predicted molar refractivity (Wildman–Crippen MR) is 131 cm³/mol. The Balaban J connectivity index is 1.82. The Morgan fingerprint density at radius 3 is 2.16 bits per heavy atom. The summed E-state index contributed by atoms with van der Waals surface area (Å²) >= 11 is 21.4. The van der Waals surface area contributed by atoms with Crippen molar-refractivity contribution in [1.82, 2.24) is 9.62 Å². The lowest BCUT2D eigenvalue weighted by Crippen LogP contribution is -2.40. The summed E-state index contributed by atoms with van der Waals surface area (Å²) in [5, 5.41) is 4.08. The summed E-state index contributed by atoms with van der Waals surface area (Å²) in [6, 6.07) is 18.0. The molecule has 0 saturated carbocycles. The number of hydrogen-bond donors (Lipinski definition) is 1. The van der Waals surface area contributed by atoms with Gasteiger partial charge in [-0.2, -0.15) is 4.31 Å². The standard InChI is InChI=1S/C22H18BrCl3N2O3S/c23-17-4-9-20(10-5-17)32(30,31)28(13-16-3-8-19(25)11-21(16)26)14-22(29)27-12-15-1-6-18(24)7-2-15/h1-11H,12-14H2,(H,27,29). The van der Waals surface area contributed by atoms with Gasteiger partial charge < -0.3 is 5.32 Å². The Bertz CT molecular complexity index is 1200. The third-order valence-electron chi connectivity index (χ3n) is 4.54. The highest BCUT2D eigenvalue weighted by Crippen LogP contribution is 2.26. The summed E-state index contributed by atoms with van der Waals surface area (Å²) in [6.07, 6.45) is 0. The molecule has 10 heteroatoms. The first-order chi connectivity index (χ1) is 15.1. The molecule has 0 aliphatic heterocycles. The van der Waals surface area contributed by atoms with Crippen molar-refractivity contribution in [3.8, 4) is 0 Å². The van der Waals surface area contributed by atoms with E-state index in [1.165, 1.54) is 18.2 Å². The van der Waals surface area contributed by atoms with Crippen LogP contribution in [0.25, 0.3) is 0 Å². The molecule has 0 aliphatic carbocycles. The Morgan fingerprint density at radius 2 is 1.53 bits per heavy atom. The monoisotopic (exact) mass is 574 g/mol. The molecular formula is C22H18BrCl3N2O3S. The lowest BCUT2D eigenvalue weighted by molar-refractivity contribution is -0.121.